The SMILES string of the molecule is CC1CC(Oc2ccccc2)CCCC[C@H](N(C=O)C(=O)OC(C)(C)C)C(=O)O1. The molecule has 0 saturated carbocycles. The van der Waals surface area contributed by atoms with Gasteiger partial charge in [-0.05, 0) is 59.1 Å². The summed E-state index contributed by atoms with van der Waals surface area (Å²) in [6, 6.07) is 8.55. The quantitative estimate of drug-likeness (QED) is 0.554. The van der Waals surface area contributed by atoms with Gasteiger partial charge in [-0.15, -0.1) is 0 Å². The highest BCUT2D eigenvalue weighted by atomic mass is 16.6. The second-order valence-corrected chi connectivity index (χ2v) is 8.33. The zero-order chi connectivity index (χ0) is 21.4. The van der Waals surface area contributed by atoms with E-state index in [1.807, 2.05) is 30.3 Å². The average Bonchev–Trinajstić information content (AvgIpc) is 2.62. The van der Waals surface area contributed by atoms with Crippen molar-refractivity contribution in [3.8, 4) is 5.75 Å². The molecule has 2 amide bonds. The Kier molecular flexibility index (Phi) is 8.05. The Morgan fingerprint density at radius 1 is 1.17 bits per heavy atom. The molecular formula is C22H31NO6. The van der Waals surface area contributed by atoms with Crippen LogP contribution in [0.1, 0.15) is 59.8 Å². The van der Waals surface area contributed by atoms with E-state index in [0.717, 1.165) is 23.5 Å². The third-order valence-electron chi connectivity index (χ3n) is 4.54. The summed E-state index contributed by atoms with van der Waals surface area (Å²) in [6.07, 6.45) is 2.10. The molecule has 29 heavy (non-hydrogen) atoms. The topological polar surface area (TPSA) is 82.1 Å². The fraction of sp³-hybridized carbons (Fsp3) is 0.591. The largest absolute Gasteiger partial charge is 0.490 e. The van der Waals surface area contributed by atoms with E-state index in [-0.39, 0.29) is 6.10 Å². The van der Waals surface area contributed by atoms with Crippen molar-refractivity contribution in [3.05, 3.63) is 30.3 Å². The molecule has 0 spiro atoms. The van der Waals surface area contributed by atoms with Crippen molar-refractivity contribution in [1.29, 1.82) is 0 Å². The first-order chi connectivity index (χ1) is 13.7. The molecule has 1 aliphatic rings. The molecule has 3 atom stereocenters. The molecule has 7 nitrogen and oxygen atoms in total. The third-order valence-corrected chi connectivity index (χ3v) is 4.54. The molecule has 2 rings (SSSR count). The number of cyclic esters (lactones) is 1. The van der Waals surface area contributed by atoms with Crippen molar-refractivity contribution >= 4 is 18.5 Å². The van der Waals surface area contributed by atoms with E-state index in [4.69, 9.17) is 14.2 Å². The van der Waals surface area contributed by atoms with Crippen LogP contribution in [0.25, 0.3) is 0 Å². The zero-order valence-corrected chi connectivity index (χ0v) is 17.6. The molecule has 1 aromatic rings. The maximum absolute atomic E-state index is 12.7. The normalized spacial score (nSPS) is 23.4. The molecule has 160 valence electrons. The number of benzene rings is 1. The number of carbonyl (C=O) groups is 3. The molecule has 0 N–H and O–H groups in total. The molecule has 0 bridgehead atoms. The summed E-state index contributed by atoms with van der Waals surface area (Å²) in [5.74, 6) is 0.179. The molecule has 0 aromatic heterocycles. The van der Waals surface area contributed by atoms with Crippen molar-refractivity contribution in [2.24, 2.45) is 0 Å². The zero-order valence-electron chi connectivity index (χ0n) is 17.6. The lowest BCUT2D eigenvalue weighted by molar-refractivity contribution is -0.158. The van der Waals surface area contributed by atoms with Gasteiger partial charge in [0.25, 0.3) is 0 Å². The van der Waals surface area contributed by atoms with E-state index in [0.29, 0.717) is 25.7 Å². The van der Waals surface area contributed by atoms with Gasteiger partial charge >= 0.3 is 12.1 Å². The third kappa shape index (κ3) is 7.40. The molecule has 7 heteroatoms. The van der Waals surface area contributed by atoms with Crippen LogP contribution in [0.3, 0.4) is 0 Å². The smallest absolute Gasteiger partial charge is 0.417 e. The van der Waals surface area contributed by atoms with E-state index >= 15 is 0 Å². The van der Waals surface area contributed by atoms with Crippen molar-refractivity contribution in [3.63, 3.8) is 0 Å². The van der Waals surface area contributed by atoms with Gasteiger partial charge in [-0.3, -0.25) is 4.79 Å². The van der Waals surface area contributed by atoms with E-state index in [9.17, 15) is 14.4 Å². The minimum absolute atomic E-state index is 0.0789. The highest BCUT2D eigenvalue weighted by molar-refractivity contribution is 5.89. The highest BCUT2D eigenvalue weighted by Gasteiger charge is 2.35. The number of amides is 2. The summed E-state index contributed by atoms with van der Waals surface area (Å²) in [5.41, 5.74) is -0.770. The average molecular weight is 405 g/mol. The fourth-order valence-corrected chi connectivity index (χ4v) is 3.25. The molecule has 2 unspecified atom stereocenters. The Labute approximate surface area is 172 Å². The molecule has 1 aromatic carbocycles. The Morgan fingerprint density at radius 2 is 1.83 bits per heavy atom. The van der Waals surface area contributed by atoms with Gasteiger partial charge < -0.3 is 14.2 Å². The van der Waals surface area contributed by atoms with Crippen molar-refractivity contribution in [2.45, 2.75) is 83.6 Å². The van der Waals surface area contributed by atoms with Crippen molar-refractivity contribution in [2.75, 3.05) is 0 Å². The van der Waals surface area contributed by atoms with Gasteiger partial charge in [0.05, 0.1) is 0 Å². The Morgan fingerprint density at radius 3 is 2.45 bits per heavy atom. The van der Waals surface area contributed by atoms with Crippen LogP contribution < -0.4 is 4.74 Å². The number of esters is 1. The van der Waals surface area contributed by atoms with Crippen LogP contribution in [-0.4, -0.2) is 47.2 Å². The van der Waals surface area contributed by atoms with E-state index < -0.39 is 29.8 Å². The minimum atomic E-state index is -0.989. The number of para-hydroxylation sites is 1. The lowest BCUT2D eigenvalue weighted by Gasteiger charge is -2.31. The van der Waals surface area contributed by atoms with E-state index in [1.54, 1.807) is 27.7 Å². The van der Waals surface area contributed by atoms with E-state index in [1.165, 1.54) is 0 Å². The summed E-state index contributed by atoms with van der Waals surface area (Å²) < 4.78 is 16.9. The number of hydrogen-bond acceptors (Lipinski definition) is 6. The summed E-state index contributed by atoms with van der Waals surface area (Å²) in [5, 5.41) is 0. The number of nitrogens with zero attached hydrogens (tertiary/aromatic N) is 1. The van der Waals surface area contributed by atoms with Crippen molar-refractivity contribution < 1.29 is 28.6 Å². The minimum Gasteiger partial charge on any atom is -0.490 e. The fourth-order valence-electron chi connectivity index (χ4n) is 3.25. The number of imide groups is 1. The van der Waals surface area contributed by atoms with Crippen LogP contribution in [0.5, 0.6) is 5.75 Å². The van der Waals surface area contributed by atoms with Gasteiger partial charge in [0.2, 0.25) is 6.41 Å². The lowest BCUT2D eigenvalue weighted by atomic mass is 10.0. The van der Waals surface area contributed by atoms with E-state index in [2.05, 4.69) is 0 Å². The molecule has 0 radical (unpaired) electrons. The standard InChI is InChI=1S/C22H31NO6/c1-16-14-18(28-17-10-6-5-7-11-17)12-8-9-13-19(20(25)27-16)23(15-24)21(26)29-22(2,3)4/h5-7,10-11,15-16,18-19H,8-9,12-14H2,1-4H3/t16?,18?,19-/m0/s1. The number of ether oxygens (including phenoxy) is 3. The Balaban J connectivity index is 2.05. The molecule has 1 saturated heterocycles. The first-order valence-corrected chi connectivity index (χ1v) is 10.1. The van der Waals surface area contributed by atoms with Crippen LogP contribution in [0.2, 0.25) is 0 Å². The first-order valence-electron chi connectivity index (χ1n) is 10.1. The highest BCUT2D eigenvalue weighted by Crippen LogP contribution is 2.23. The van der Waals surface area contributed by atoms with Crippen LogP contribution >= 0.6 is 0 Å². The van der Waals surface area contributed by atoms with Crippen LogP contribution in [0, 0.1) is 0 Å². The van der Waals surface area contributed by atoms with Crippen LogP contribution in [-0.2, 0) is 19.1 Å². The summed E-state index contributed by atoms with van der Waals surface area (Å²) in [4.78, 5) is 37.4. The number of hydrogen-bond donors (Lipinski definition) is 0. The van der Waals surface area contributed by atoms with Crippen molar-refractivity contribution in [1.82, 2.24) is 4.90 Å². The van der Waals surface area contributed by atoms with Gasteiger partial charge in [0.1, 0.15) is 29.6 Å². The lowest BCUT2D eigenvalue weighted by Crippen LogP contribution is -2.48. The molecule has 0 aliphatic carbocycles. The van der Waals surface area contributed by atoms with Crippen LogP contribution in [0.15, 0.2) is 30.3 Å². The Hall–Kier alpha value is -2.57. The van der Waals surface area contributed by atoms with Gasteiger partial charge in [-0.25, -0.2) is 14.5 Å². The number of rotatable bonds is 4. The maximum atomic E-state index is 12.7. The van der Waals surface area contributed by atoms with Gasteiger partial charge in [0.15, 0.2) is 0 Å². The first kappa shape index (κ1) is 22.7. The predicted octanol–water partition coefficient (Wildman–Crippen LogP) is 4.09. The second kappa shape index (κ2) is 10.3. The van der Waals surface area contributed by atoms with Gasteiger partial charge in [-0.2, -0.15) is 0 Å². The predicted molar refractivity (Wildman–Crippen MR) is 107 cm³/mol. The molecule has 1 fully saturated rings. The second-order valence-electron chi connectivity index (χ2n) is 8.33. The molecular weight excluding hydrogens is 374 g/mol. The molecule has 1 heterocycles. The Bertz CT molecular complexity index is 684. The number of carbonyl (C=O) groups excluding carboxylic acids is 3. The summed E-state index contributed by atoms with van der Waals surface area (Å²) >= 11 is 0. The summed E-state index contributed by atoms with van der Waals surface area (Å²) in [7, 11) is 0. The maximum Gasteiger partial charge on any atom is 0.417 e. The van der Waals surface area contributed by atoms with Gasteiger partial charge in [-0.1, -0.05) is 24.6 Å². The molecule has 1 aliphatic heterocycles. The van der Waals surface area contributed by atoms with Crippen LogP contribution in [0.4, 0.5) is 4.79 Å². The van der Waals surface area contributed by atoms with Gasteiger partial charge in [0, 0.05) is 6.42 Å². The monoisotopic (exact) mass is 405 g/mol. The summed E-state index contributed by atoms with van der Waals surface area (Å²) in [6.45, 7) is 6.90.